The summed E-state index contributed by atoms with van der Waals surface area (Å²) in [5.41, 5.74) is 0.153. The number of amides is 1. The van der Waals surface area contributed by atoms with Gasteiger partial charge < -0.3 is 4.74 Å². The highest BCUT2D eigenvalue weighted by Crippen LogP contribution is 2.43. The van der Waals surface area contributed by atoms with Crippen LogP contribution in [0.5, 0.6) is 0 Å². The molecule has 0 saturated heterocycles. The number of anilines is 1. The summed E-state index contributed by atoms with van der Waals surface area (Å²) in [5.74, 6) is 1.17. The second-order valence-electron chi connectivity index (χ2n) is 5.24. The Hall–Kier alpha value is -1.84. The summed E-state index contributed by atoms with van der Waals surface area (Å²) < 4.78 is 18.5. The summed E-state index contributed by atoms with van der Waals surface area (Å²) >= 11 is 0. The minimum Gasteiger partial charge on any atom is -0.449 e. The Morgan fingerprint density at radius 1 is 1.32 bits per heavy atom. The molecule has 3 nitrogen and oxygen atoms in total. The van der Waals surface area contributed by atoms with Crippen molar-refractivity contribution in [3.05, 3.63) is 42.2 Å². The van der Waals surface area contributed by atoms with Gasteiger partial charge in [0.25, 0.3) is 0 Å². The number of allylic oxidation sites excluding steroid dienone is 2. The van der Waals surface area contributed by atoms with Crippen LogP contribution in [0.15, 0.2) is 36.4 Å². The molecule has 1 aromatic carbocycles. The molecule has 2 bridgehead atoms. The van der Waals surface area contributed by atoms with Crippen molar-refractivity contribution in [2.75, 3.05) is 11.9 Å². The number of ether oxygens (including phenoxy) is 1. The van der Waals surface area contributed by atoms with E-state index < -0.39 is 11.9 Å². The van der Waals surface area contributed by atoms with E-state index in [2.05, 4.69) is 17.5 Å². The van der Waals surface area contributed by atoms with E-state index >= 15 is 0 Å². The van der Waals surface area contributed by atoms with Gasteiger partial charge in [-0.15, -0.1) is 0 Å². The van der Waals surface area contributed by atoms with Crippen molar-refractivity contribution in [1.29, 1.82) is 0 Å². The lowest BCUT2D eigenvalue weighted by Gasteiger charge is -2.17. The molecule has 100 valence electrons. The van der Waals surface area contributed by atoms with E-state index in [1.54, 1.807) is 12.1 Å². The standard InChI is InChI=1S/C15H16FNO2/c16-13-3-1-2-4-14(13)17-15(18)19-9-12-8-10-5-6-11(12)7-10/h1-6,10-12H,7-9H2,(H,17,18)/t10-,11-,12+/m0/s1. The van der Waals surface area contributed by atoms with Crippen molar-refractivity contribution < 1.29 is 13.9 Å². The van der Waals surface area contributed by atoms with Gasteiger partial charge in [0.1, 0.15) is 5.82 Å². The van der Waals surface area contributed by atoms with E-state index in [9.17, 15) is 9.18 Å². The first-order chi connectivity index (χ1) is 9.22. The summed E-state index contributed by atoms with van der Waals surface area (Å²) in [5, 5.41) is 2.42. The molecule has 3 atom stereocenters. The molecule has 1 N–H and O–H groups in total. The molecule has 1 amide bonds. The van der Waals surface area contributed by atoms with Gasteiger partial charge in [-0.3, -0.25) is 5.32 Å². The third kappa shape index (κ3) is 2.62. The average molecular weight is 261 g/mol. The fraction of sp³-hybridized carbons (Fsp3) is 0.400. The number of carbonyl (C=O) groups excluding carboxylic acids is 1. The van der Waals surface area contributed by atoms with Gasteiger partial charge in [0, 0.05) is 5.92 Å². The lowest BCUT2D eigenvalue weighted by molar-refractivity contribution is 0.133. The fourth-order valence-corrected chi connectivity index (χ4v) is 2.98. The summed E-state index contributed by atoms with van der Waals surface area (Å²) in [7, 11) is 0. The molecule has 4 heteroatoms. The van der Waals surface area contributed by atoms with E-state index in [1.165, 1.54) is 18.6 Å². The van der Waals surface area contributed by atoms with Gasteiger partial charge in [-0.1, -0.05) is 24.3 Å². The minimum atomic E-state index is -0.586. The summed E-state index contributed by atoms with van der Waals surface area (Å²) in [4.78, 5) is 11.6. The second-order valence-corrected chi connectivity index (χ2v) is 5.24. The van der Waals surface area contributed by atoms with Crippen molar-refractivity contribution in [2.24, 2.45) is 17.8 Å². The summed E-state index contributed by atoms with van der Waals surface area (Å²) in [6, 6.07) is 6.06. The molecule has 0 spiro atoms. The third-order valence-electron chi connectivity index (χ3n) is 3.96. The molecular formula is C15H16FNO2. The van der Waals surface area contributed by atoms with E-state index in [0.717, 1.165) is 6.42 Å². The number of carbonyl (C=O) groups is 1. The first-order valence-electron chi connectivity index (χ1n) is 6.59. The number of hydrogen-bond donors (Lipinski definition) is 1. The van der Waals surface area contributed by atoms with Crippen LogP contribution in [0.4, 0.5) is 14.9 Å². The lowest BCUT2D eigenvalue weighted by Crippen LogP contribution is -2.21. The maximum atomic E-state index is 13.3. The number of halogens is 1. The molecular weight excluding hydrogens is 245 g/mol. The van der Waals surface area contributed by atoms with E-state index in [0.29, 0.717) is 24.4 Å². The number of hydrogen-bond acceptors (Lipinski definition) is 2. The normalized spacial score (nSPS) is 27.5. The number of para-hydroxylation sites is 1. The Morgan fingerprint density at radius 2 is 2.16 bits per heavy atom. The largest absolute Gasteiger partial charge is 0.449 e. The smallest absolute Gasteiger partial charge is 0.411 e. The Labute approximate surface area is 111 Å². The first-order valence-corrected chi connectivity index (χ1v) is 6.59. The molecule has 2 aliphatic rings. The molecule has 0 radical (unpaired) electrons. The number of rotatable bonds is 3. The molecule has 1 saturated carbocycles. The minimum absolute atomic E-state index is 0.153. The van der Waals surface area contributed by atoms with E-state index in [1.807, 2.05) is 0 Å². The van der Waals surface area contributed by atoms with Crippen LogP contribution in [0.1, 0.15) is 12.8 Å². The van der Waals surface area contributed by atoms with Gasteiger partial charge in [-0.2, -0.15) is 0 Å². The SMILES string of the molecule is O=C(Nc1ccccc1F)OC[C@H]1C[C@H]2C=C[C@H]1C2. The zero-order chi connectivity index (χ0) is 13.2. The fourth-order valence-electron chi connectivity index (χ4n) is 2.98. The van der Waals surface area contributed by atoms with Gasteiger partial charge in [0.15, 0.2) is 0 Å². The van der Waals surface area contributed by atoms with Crippen LogP contribution in [-0.4, -0.2) is 12.7 Å². The van der Waals surface area contributed by atoms with E-state index in [-0.39, 0.29) is 5.69 Å². The maximum Gasteiger partial charge on any atom is 0.411 e. The van der Waals surface area contributed by atoms with Crippen molar-refractivity contribution >= 4 is 11.8 Å². The lowest BCUT2D eigenvalue weighted by atomic mass is 9.95. The quantitative estimate of drug-likeness (QED) is 0.844. The molecule has 2 aliphatic carbocycles. The monoisotopic (exact) mass is 261 g/mol. The van der Waals surface area contributed by atoms with Gasteiger partial charge in [-0.25, -0.2) is 9.18 Å². The average Bonchev–Trinajstić information content (AvgIpc) is 3.01. The van der Waals surface area contributed by atoms with Crippen molar-refractivity contribution in [3.8, 4) is 0 Å². The number of nitrogens with one attached hydrogen (secondary N) is 1. The predicted octanol–water partition coefficient (Wildman–Crippen LogP) is 3.59. The molecule has 0 heterocycles. The molecule has 19 heavy (non-hydrogen) atoms. The maximum absolute atomic E-state index is 13.3. The number of benzene rings is 1. The summed E-state index contributed by atoms with van der Waals surface area (Å²) in [6.07, 6.45) is 6.16. The molecule has 0 unspecified atom stereocenters. The number of fused-ring (bicyclic) bond motifs is 2. The highest BCUT2D eigenvalue weighted by Gasteiger charge is 2.36. The zero-order valence-corrected chi connectivity index (χ0v) is 10.5. The molecule has 1 fully saturated rings. The Balaban J connectivity index is 1.50. The Kier molecular flexibility index (Phi) is 3.23. The molecule has 0 aromatic heterocycles. The molecule has 0 aliphatic heterocycles. The third-order valence-corrected chi connectivity index (χ3v) is 3.96. The van der Waals surface area contributed by atoms with Gasteiger partial charge in [0.05, 0.1) is 12.3 Å². The Morgan fingerprint density at radius 3 is 2.84 bits per heavy atom. The van der Waals surface area contributed by atoms with Crippen molar-refractivity contribution in [3.63, 3.8) is 0 Å². The van der Waals surface area contributed by atoms with Crippen LogP contribution in [0.3, 0.4) is 0 Å². The predicted molar refractivity (Wildman–Crippen MR) is 70.2 cm³/mol. The zero-order valence-electron chi connectivity index (χ0n) is 10.5. The highest BCUT2D eigenvalue weighted by molar-refractivity contribution is 5.84. The second kappa shape index (κ2) is 5.03. The van der Waals surface area contributed by atoms with E-state index in [4.69, 9.17) is 4.74 Å². The molecule has 1 aromatic rings. The van der Waals surface area contributed by atoms with Gasteiger partial charge in [0.2, 0.25) is 0 Å². The van der Waals surface area contributed by atoms with Gasteiger partial charge >= 0.3 is 6.09 Å². The van der Waals surface area contributed by atoms with Crippen molar-refractivity contribution in [2.45, 2.75) is 12.8 Å². The topological polar surface area (TPSA) is 38.3 Å². The van der Waals surface area contributed by atoms with Crippen molar-refractivity contribution in [1.82, 2.24) is 0 Å². The van der Waals surface area contributed by atoms with Crippen LogP contribution < -0.4 is 5.32 Å². The van der Waals surface area contributed by atoms with Gasteiger partial charge in [-0.05, 0) is 36.8 Å². The molecule has 3 rings (SSSR count). The van der Waals surface area contributed by atoms with Crippen LogP contribution in [0, 0.1) is 23.6 Å². The van der Waals surface area contributed by atoms with Crippen LogP contribution >= 0.6 is 0 Å². The highest BCUT2D eigenvalue weighted by atomic mass is 19.1. The first kappa shape index (κ1) is 12.2. The van der Waals surface area contributed by atoms with Crippen LogP contribution in [0.2, 0.25) is 0 Å². The Bertz CT molecular complexity index is 515. The summed E-state index contributed by atoms with van der Waals surface area (Å²) in [6.45, 7) is 0.409. The van der Waals surface area contributed by atoms with Crippen LogP contribution in [-0.2, 0) is 4.74 Å². The van der Waals surface area contributed by atoms with Crippen LogP contribution in [0.25, 0.3) is 0 Å².